The van der Waals surface area contributed by atoms with Gasteiger partial charge in [0.2, 0.25) is 10.9 Å². The Hall–Kier alpha value is -1.32. The minimum atomic E-state index is -0.497. The fourth-order valence-electron chi connectivity index (χ4n) is 1.33. The summed E-state index contributed by atoms with van der Waals surface area (Å²) in [6, 6.07) is 6.43. The van der Waals surface area contributed by atoms with Crippen molar-refractivity contribution in [3.8, 4) is 0 Å². The van der Waals surface area contributed by atoms with E-state index in [9.17, 15) is 9.59 Å². The highest BCUT2D eigenvalue weighted by molar-refractivity contribution is 6.36. The maximum absolute atomic E-state index is 11.0. The van der Waals surface area contributed by atoms with E-state index in [1.165, 1.54) is 6.07 Å². The number of benzene rings is 1. The smallest absolute Gasteiger partial charge is 0.248 e. The summed E-state index contributed by atoms with van der Waals surface area (Å²) in [6.07, 6.45) is 0. The van der Waals surface area contributed by atoms with E-state index in [0.29, 0.717) is 27.8 Å². The van der Waals surface area contributed by atoms with Crippen molar-refractivity contribution >= 4 is 28.9 Å². The van der Waals surface area contributed by atoms with Gasteiger partial charge in [-0.1, -0.05) is 29.3 Å². The first-order valence-corrected chi connectivity index (χ1v) is 5.32. The minimum absolute atomic E-state index is 0.306. The van der Waals surface area contributed by atoms with E-state index in [0.717, 1.165) is 0 Å². The summed E-state index contributed by atoms with van der Waals surface area (Å²) in [6.45, 7) is 0.323. The maximum atomic E-state index is 11.0. The summed E-state index contributed by atoms with van der Waals surface area (Å²) < 4.78 is 0. The van der Waals surface area contributed by atoms with Crippen LogP contribution in [-0.4, -0.2) is 0 Å². The van der Waals surface area contributed by atoms with Crippen LogP contribution in [0.5, 0.6) is 0 Å². The van der Waals surface area contributed by atoms with Crippen LogP contribution in [0.3, 0.4) is 0 Å². The van der Waals surface area contributed by atoms with E-state index in [-0.39, 0.29) is 0 Å². The first kappa shape index (κ1) is 11.2. The number of anilines is 1. The molecule has 0 atom stereocenters. The van der Waals surface area contributed by atoms with Crippen molar-refractivity contribution in [3.63, 3.8) is 0 Å². The van der Waals surface area contributed by atoms with Gasteiger partial charge in [0, 0.05) is 28.2 Å². The number of nitrogens with one attached hydrogen (secondary N) is 1. The van der Waals surface area contributed by atoms with Gasteiger partial charge in [0.05, 0.1) is 5.69 Å². The second-order valence-corrected chi connectivity index (χ2v) is 4.12. The van der Waals surface area contributed by atoms with Gasteiger partial charge in [-0.15, -0.1) is 0 Å². The highest BCUT2D eigenvalue weighted by Crippen LogP contribution is 2.24. The third-order valence-electron chi connectivity index (χ3n) is 2.26. The lowest BCUT2D eigenvalue weighted by Crippen LogP contribution is -2.32. The molecule has 2 rings (SSSR count). The minimum Gasteiger partial charge on any atom is -0.377 e. The molecule has 0 aliphatic carbocycles. The van der Waals surface area contributed by atoms with Gasteiger partial charge in [0.1, 0.15) is 0 Å². The van der Waals surface area contributed by atoms with Crippen LogP contribution in [0.1, 0.15) is 5.56 Å². The lowest BCUT2D eigenvalue weighted by Gasteiger charge is -2.09. The predicted octanol–water partition coefficient (Wildman–Crippen LogP) is 2.20. The molecule has 0 unspecified atom stereocenters. The van der Waals surface area contributed by atoms with Crippen LogP contribution >= 0.6 is 23.2 Å². The molecule has 0 aliphatic heterocycles. The first-order valence-electron chi connectivity index (χ1n) is 4.56. The fourth-order valence-corrected chi connectivity index (χ4v) is 1.86. The second-order valence-electron chi connectivity index (χ2n) is 3.31. The molecule has 0 aromatic heterocycles. The summed E-state index contributed by atoms with van der Waals surface area (Å²) >= 11 is 11.9. The molecule has 1 N–H and O–H groups in total. The number of rotatable bonds is 3. The van der Waals surface area contributed by atoms with Crippen molar-refractivity contribution in [1.82, 2.24) is 0 Å². The van der Waals surface area contributed by atoms with Crippen LogP contribution in [-0.2, 0) is 6.54 Å². The van der Waals surface area contributed by atoms with Gasteiger partial charge in [0.25, 0.3) is 0 Å². The standard InChI is InChI=1S/C11H7Cl2NO2/c12-7-2-1-3-8(13)6(7)5-14-9-4-10(15)11(9)16/h1-4,14H,5H2. The van der Waals surface area contributed by atoms with E-state index in [2.05, 4.69) is 5.32 Å². The largest absolute Gasteiger partial charge is 0.377 e. The Morgan fingerprint density at radius 2 is 1.75 bits per heavy atom. The molecule has 0 aliphatic rings. The molecule has 0 spiro atoms. The quantitative estimate of drug-likeness (QED) is 0.856. The van der Waals surface area contributed by atoms with Crippen LogP contribution in [0.25, 0.3) is 0 Å². The molecular weight excluding hydrogens is 249 g/mol. The molecule has 0 heterocycles. The highest BCUT2D eigenvalue weighted by atomic mass is 35.5. The summed E-state index contributed by atoms with van der Waals surface area (Å²) in [4.78, 5) is 21.7. The van der Waals surface area contributed by atoms with E-state index in [4.69, 9.17) is 23.2 Å². The highest BCUT2D eigenvalue weighted by Gasteiger charge is 2.10. The molecule has 82 valence electrons. The van der Waals surface area contributed by atoms with E-state index in [1.54, 1.807) is 18.2 Å². The Labute approximate surface area is 101 Å². The normalized spacial score (nSPS) is 10.6. The van der Waals surface area contributed by atoms with Gasteiger partial charge in [-0.05, 0) is 12.1 Å². The number of hydrogen-bond donors (Lipinski definition) is 1. The Kier molecular flexibility index (Phi) is 2.99. The van der Waals surface area contributed by atoms with Gasteiger partial charge >= 0.3 is 0 Å². The summed E-state index contributed by atoms with van der Waals surface area (Å²) in [5.41, 5.74) is 0.0378. The first-order chi connectivity index (χ1) is 7.59. The molecular formula is C11H7Cl2NO2. The van der Waals surface area contributed by atoms with Crippen molar-refractivity contribution in [2.24, 2.45) is 0 Å². The van der Waals surface area contributed by atoms with Crippen LogP contribution in [0, 0.1) is 0 Å². The third kappa shape index (κ3) is 1.96. The van der Waals surface area contributed by atoms with Crippen LogP contribution in [0.4, 0.5) is 5.69 Å². The second kappa shape index (κ2) is 4.28. The van der Waals surface area contributed by atoms with Crippen molar-refractivity contribution < 1.29 is 0 Å². The van der Waals surface area contributed by atoms with Gasteiger partial charge in [-0.25, -0.2) is 0 Å². The zero-order valence-corrected chi connectivity index (χ0v) is 9.60. The van der Waals surface area contributed by atoms with Crippen molar-refractivity contribution in [2.45, 2.75) is 6.54 Å². The average Bonchev–Trinajstić information content (AvgIpc) is 2.26. The molecule has 0 amide bonds. The lowest BCUT2D eigenvalue weighted by atomic mass is 10.2. The Balaban J connectivity index is 2.15. The molecule has 0 bridgehead atoms. The molecule has 2 aromatic rings. The number of hydrogen-bond acceptors (Lipinski definition) is 3. The molecule has 0 saturated heterocycles. The summed E-state index contributed by atoms with van der Waals surface area (Å²) in [5.74, 6) is 0. The van der Waals surface area contributed by atoms with Crippen LogP contribution in [0.2, 0.25) is 10.0 Å². The van der Waals surface area contributed by atoms with E-state index in [1.807, 2.05) is 0 Å². The zero-order chi connectivity index (χ0) is 11.7. The van der Waals surface area contributed by atoms with Gasteiger partial charge in [0.15, 0.2) is 0 Å². The molecule has 5 heteroatoms. The monoisotopic (exact) mass is 255 g/mol. The average molecular weight is 256 g/mol. The number of halogens is 2. The predicted molar refractivity (Wildman–Crippen MR) is 65.1 cm³/mol. The molecule has 3 nitrogen and oxygen atoms in total. The van der Waals surface area contributed by atoms with Crippen molar-refractivity contribution in [1.29, 1.82) is 0 Å². The van der Waals surface area contributed by atoms with E-state index >= 15 is 0 Å². The topological polar surface area (TPSA) is 46.2 Å². The Bertz CT molecular complexity index is 580. The molecule has 0 radical (unpaired) electrons. The van der Waals surface area contributed by atoms with Crippen LogP contribution < -0.4 is 16.2 Å². The van der Waals surface area contributed by atoms with Crippen molar-refractivity contribution in [3.05, 3.63) is 60.3 Å². The van der Waals surface area contributed by atoms with E-state index < -0.39 is 10.9 Å². The molecule has 0 fully saturated rings. The fraction of sp³-hybridized carbons (Fsp3) is 0.0909. The van der Waals surface area contributed by atoms with Crippen molar-refractivity contribution in [2.75, 3.05) is 5.32 Å². The Morgan fingerprint density at radius 1 is 1.12 bits per heavy atom. The SMILES string of the molecule is O=c1cc(NCc2c(Cl)cccc2Cl)c1=O. The summed E-state index contributed by atoms with van der Waals surface area (Å²) in [7, 11) is 0. The van der Waals surface area contributed by atoms with Crippen LogP contribution in [0.15, 0.2) is 33.9 Å². The van der Waals surface area contributed by atoms with Gasteiger partial charge in [-0.2, -0.15) is 0 Å². The lowest BCUT2D eigenvalue weighted by molar-refractivity contribution is 1.13. The maximum Gasteiger partial charge on any atom is 0.248 e. The zero-order valence-electron chi connectivity index (χ0n) is 8.09. The molecule has 0 saturated carbocycles. The van der Waals surface area contributed by atoms with Gasteiger partial charge in [-0.3, -0.25) is 9.59 Å². The summed E-state index contributed by atoms with van der Waals surface area (Å²) in [5, 5.41) is 3.87. The molecule has 2 aromatic carbocycles. The van der Waals surface area contributed by atoms with Gasteiger partial charge < -0.3 is 5.32 Å². The molecule has 16 heavy (non-hydrogen) atoms. The third-order valence-corrected chi connectivity index (χ3v) is 2.97. The Morgan fingerprint density at radius 3 is 2.25 bits per heavy atom.